The normalized spacial score (nSPS) is 11.8. The van der Waals surface area contributed by atoms with Crippen LogP contribution in [0, 0.1) is 0 Å². The van der Waals surface area contributed by atoms with E-state index in [2.05, 4.69) is 5.10 Å². The summed E-state index contributed by atoms with van der Waals surface area (Å²) in [5.41, 5.74) is 5.75. The van der Waals surface area contributed by atoms with E-state index in [0.717, 1.165) is 6.26 Å². The van der Waals surface area contributed by atoms with Crippen molar-refractivity contribution in [3.63, 3.8) is 0 Å². The molecule has 0 fully saturated rings. The number of aliphatic hydroxyl groups is 1. The molecule has 0 aliphatic heterocycles. The summed E-state index contributed by atoms with van der Waals surface area (Å²) in [5, 5.41) is 13.0. The number of anilines is 2. The van der Waals surface area contributed by atoms with Crippen molar-refractivity contribution in [1.29, 1.82) is 0 Å². The number of hydrogen-bond acceptors (Lipinski definition) is 6. The number of nitrogens with zero attached hydrogens (tertiary/aromatic N) is 3. The Balaban J connectivity index is 3.43. The molecule has 3 N–H and O–H groups in total. The van der Waals surface area contributed by atoms with Crippen molar-refractivity contribution in [2.24, 2.45) is 0 Å². The molecule has 1 rings (SSSR count). The Kier molecular flexibility index (Phi) is 3.99. The van der Waals surface area contributed by atoms with E-state index in [1.54, 1.807) is 11.9 Å². The minimum Gasteiger partial charge on any atom is -0.394 e. The van der Waals surface area contributed by atoms with Crippen LogP contribution in [-0.2, 0) is 16.4 Å². The summed E-state index contributed by atoms with van der Waals surface area (Å²) in [7, 11) is -1.71. The second-order valence-electron chi connectivity index (χ2n) is 3.77. The highest BCUT2D eigenvalue weighted by atomic mass is 32.2. The van der Waals surface area contributed by atoms with Gasteiger partial charge in [0.05, 0.1) is 13.2 Å². The zero-order chi connectivity index (χ0) is 13.2. The average molecular weight is 262 g/mol. The molecule has 8 heteroatoms. The van der Waals surface area contributed by atoms with E-state index in [-0.39, 0.29) is 23.9 Å². The summed E-state index contributed by atoms with van der Waals surface area (Å²) in [4.78, 5) is 1.72. The van der Waals surface area contributed by atoms with Gasteiger partial charge in [0.15, 0.2) is 20.6 Å². The monoisotopic (exact) mass is 262 g/mol. The molecular weight excluding hydrogens is 244 g/mol. The maximum atomic E-state index is 11.7. The standard InChI is InChI=1S/C9H18N4O3S/c1-4-12(2)9-7(17(3,15)16)8(10)13(11-9)5-6-14/h14H,4-6,10H2,1-3H3. The Labute approximate surface area is 101 Å². The van der Waals surface area contributed by atoms with E-state index < -0.39 is 9.84 Å². The highest BCUT2D eigenvalue weighted by Gasteiger charge is 2.25. The maximum Gasteiger partial charge on any atom is 0.182 e. The first-order valence-electron chi connectivity index (χ1n) is 5.21. The Morgan fingerprint density at radius 2 is 2.12 bits per heavy atom. The molecule has 0 amide bonds. The van der Waals surface area contributed by atoms with Gasteiger partial charge in [0, 0.05) is 19.8 Å². The fraction of sp³-hybridized carbons (Fsp3) is 0.667. The van der Waals surface area contributed by atoms with Gasteiger partial charge < -0.3 is 15.7 Å². The first-order chi connectivity index (χ1) is 7.82. The minimum absolute atomic E-state index is 0.0234. The SMILES string of the molecule is CCN(C)c1nn(CCO)c(N)c1S(C)(=O)=O. The van der Waals surface area contributed by atoms with Gasteiger partial charge in [-0.1, -0.05) is 0 Å². The lowest BCUT2D eigenvalue weighted by molar-refractivity contribution is 0.270. The van der Waals surface area contributed by atoms with Crippen molar-refractivity contribution in [3.05, 3.63) is 0 Å². The second kappa shape index (κ2) is 4.92. The van der Waals surface area contributed by atoms with Crippen molar-refractivity contribution in [2.75, 3.05) is 37.1 Å². The predicted octanol–water partition coefficient (Wildman–Crippen LogP) is -0.683. The van der Waals surface area contributed by atoms with Gasteiger partial charge in [0.1, 0.15) is 5.82 Å². The van der Waals surface area contributed by atoms with Gasteiger partial charge in [0.25, 0.3) is 0 Å². The van der Waals surface area contributed by atoms with Crippen LogP contribution in [0.3, 0.4) is 0 Å². The molecule has 0 aliphatic carbocycles. The van der Waals surface area contributed by atoms with Crippen LogP contribution in [0.5, 0.6) is 0 Å². The van der Waals surface area contributed by atoms with Crippen LogP contribution in [0.2, 0.25) is 0 Å². The van der Waals surface area contributed by atoms with Gasteiger partial charge in [-0.25, -0.2) is 13.1 Å². The molecule has 1 aromatic heterocycles. The number of nitrogens with two attached hydrogens (primary N) is 1. The molecule has 0 aromatic carbocycles. The van der Waals surface area contributed by atoms with E-state index >= 15 is 0 Å². The number of aliphatic hydroxyl groups excluding tert-OH is 1. The van der Waals surface area contributed by atoms with Crippen LogP contribution in [0.15, 0.2) is 4.90 Å². The van der Waals surface area contributed by atoms with Crippen molar-refractivity contribution >= 4 is 21.5 Å². The summed E-state index contributed by atoms with van der Waals surface area (Å²) in [5.74, 6) is 0.387. The molecule has 17 heavy (non-hydrogen) atoms. The van der Waals surface area contributed by atoms with Crippen LogP contribution in [0.1, 0.15) is 6.92 Å². The van der Waals surface area contributed by atoms with Crippen molar-refractivity contribution < 1.29 is 13.5 Å². The molecule has 1 heterocycles. The zero-order valence-electron chi connectivity index (χ0n) is 10.2. The summed E-state index contributed by atoms with van der Waals surface area (Å²) in [6, 6.07) is 0. The van der Waals surface area contributed by atoms with Gasteiger partial charge >= 0.3 is 0 Å². The molecule has 0 spiro atoms. The fourth-order valence-electron chi connectivity index (χ4n) is 1.47. The van der Waals surface area contributed by atoms with Crippen LogP contribution in [0.4, 0.5) is 11.6 Å². The largest absolute Gasteiger partial charge is 0.394 e. The third-order valence-corrected chi connectivity index (χ3v) is 3.58. The molecule has 1 aromatic rings. The number of nitrogen functional groups attached to an aromatic ring is 1. The lowest BCUT2D eigenvalue weighted by atomic mass is 10.5. The molecule has 0 aliphatic rings. The molecule has 7 nitrogen and oxygen atoms in total. The van der Waals surface area contributed by atoms with E-state index in [1.807, 2.05) is 6.92 Å². The second-order valence-corrected chi connectivity index (χ2v) is 5.72. The molecule has 98 valence electrons. The van der Waals surface area contributed by atoms with Crippen molar-refractivity contribution in [3.8, 4) is 0 Å². The molecule has 0 atom stereocenters. The topological polar surface area (TPSA) is 101 Å². The van der Waals surface area contributed by atoms with Crippen LogP contribution >= 0.6 is 0 Å². The summed E-state index contributed by atoms with van der Waals surface area (Å²) >= 11 is 0. The lowest BCUT2D eigenvalue weighted by Crippen LogP contribution is -2.19. The van der Waals surface area contributed by atoms with Gasteiger partial charge in [-0.3, -0.25) is 0 Å². The lowest BCUT2D eigenvalue weighted by Gasteiger charge is -2.14. The Morgan fingerprint density at radius 1 is 1.53 bits per heavy atom. The maximum absolute atomic E-state index is 11.7. The Hall–Kier alpha value is -1.28. The highest BCUT2D eigenvalue weighted by Crippen LogP contribution is 2.29. The van der Waals surface area contributed by atoms with Gasteiger partial charge in [-0.05, 0) is 6.92 Å². The zero-order valence-corrected chi connectivity index (χ0v) is 11.0. The van der Waals surface area contributed by atoms with Gasteiger partial charge in [0.2, 0.25) is 0 Å². The molecule has 0 radical (unpaired) electrons. The Morgan fingerprint density at radius 3 is 2.53 bits per heavy atom. The molecular formula is C9H18N4O3S. The Bertz CT molecular complexity index is 495. The number of rotatable bonds is 5. The third kappa shape index (κ3) is 2.70. The van der Waals surface area contributed by atoms with Crippen LogP contribution in [-0.4, -0.2) is 49.8 Å². The number of hydrogen-bond donors (Lipinski definition) is 2. The van der Waals surface area contributed by atoms with E-state index in [1.165, 1.54) is 4.68 Å². The van der Waals surface area contributed by atoms with Crippen LogP contribution in [0.25, 0.3) is 0 Å². The smallest absolute Gasteiger partial charge is 0.182 e. The predicted molar refractivity (Wildman–Crippen MR) is 65.8 cm³/mol. The van der Waals surface area contributed by atoms with E-state index in [0.29, 0.717) is 12.4 Å². The minimum atomic E-state index is -3.45. The molecule has 0 bridgehead atoms. The van der Waals surface area contributed by atoms with Gasteiger partial charge in [-0.15, -0.1) is 0 Å². The molecule has 0 saturated carbocycles. The first kappa shape index (κ1) is 13.8. The van der Waals surface area contributed by atoms with E-state index in [9.17, 15) is 8.42 Å². The highest BCUT2D eigenvalue weighted by molar-refractivity contribution is 7.91. The summed E-state index contributed by atoms with van der Waals surface area (Å²) < 4.78 is 24.7. The quantitative estimate of drug-likeness (QED) is 0.729. The van der Waals surface area contributed by atoms with Crippen LogP contribution < -0.4 is 10.6 Å². The third-order valence-electron chi connectivity index (χ3n) is 2.45. The summed E-state index contributed by atoms with van der Waals surface area (Å²) in [6.45, 7) is 2.52. The van der Waals surface area contributed by atoms with Gasteiger partial charge in [-0.2, -0.15) is 5.10 Å². The fourth-order valence-corrected chi connectivity index (χ4v) is 2.48. The molecule has 0 unspecified atom stereocenters. The van der Waals surface area contributed by atoms with E-state index in [4.69, 9.17) is 10.8 Å². The first-order valence-corrected chi connectivity index (χ1v) is 7.10. The number of sulfone groups is 1. The van der Waals surface area contributed by atoms with Crippen molar-refractivity contribution in [1.82, 2.24) is 9.78 Å². The van der Waals surface area contributed by atoms with Crippen molar-refractivity contribution in [2.45, 2.75) is 18.4 Å². The number of aromatic nitrogens is 2. The summed E-state index contributed by atoms with van der Waals surface area (Å²) in [6.07, 6.45) is 1.09. The molecule has 0 saturated heterocycles. The average Bonchev–Trinajstić information content (AvgIpc) is 2.55.